The standard InChI is InChI=1S/C5H10N2O5S/c6-13(10,11)7-1-2-12-4(3-7)5(8)9/h4H,1-3H2,(H,8,9)(H2,6,10,11). The molecule has 0 radical (unpaired) electrons. The Kier molecular flexibility index (Phi) is 2.86. The molecule has 0 aromatic heterocycles. The smallest absolute Gasteiger partial charge is 0.334 e. The van der Waals surface area contributed by atoms with Gasteiger partial charge in [-0.1, -0.05) is 0 Å². The van der Waals surface area contributed by atoms with Crippen molar-refractivity contribution in [3.8, 4) is 0 Å². The van der Waals surface area contributed by atoms with Gasteiger partial charge >= 0.3 is 5.97 Å². The average molecular weight is 210 g/mol. The largest absolute Gasteiger partial charge is 0.479 e. The summed E-state index contributed by atoms with van der Waals surface area (Å²) in [7, 11) is -3.80. The molecule has 0 aromatic carbocycles. The van der Waals surface area contributed by atoms with Crippen LogP contribution in [0.25, 0.3) is 0 Å². The molecule has 0 spiro atoms. The van der Waals surface area contributed by atoms with Gasteiger partial charge in [-0.05, 0) is 0 Å². The molecule has 1 unspecified atom stereocenters. The van der Waals surface area contributed by atoms with Crippen molar-refractivity contribution in [2.75, 3.05) is 19.7 Å². The number of carboxylic acids is 1. The lowest BCUT2D eigenvalue weighted by atomic mass is 10.3. The first kappa shape index (κ1) is 10.4. The van der Waals surface area contributed by atoms with Crippen LogP contribution in [0.2, 0.25) is 0 Å². The predicted octanol–water partition coefficient (Wildman–Crippen LogP) is -2.02. The number of ether oxygens (including phenoxy) is 1. The first-order chi connectivity index (χ1) is 5.91. The summed E-state index contributed by atoms with van der Waals surface area (Å²) in [6, 6.07) is 0. The Morgan fingerprint density at radius 3 is 2.69 bits per heavy atom. The molecular formula is C5H10N2O5S. The molecule has 1 fully saturated rings. The molecule has 76 valence electrons. The number of aliphatic carboxylic acids is 1. The maximum atomic E-state index is 10.8. The number of hydrogen-bond donors (Lipinski definition) is 2. The highest BCUT2D eigenvalue weighted by Gasteiger charge is 2.30. The SMILES string of the molecule is NS(=O)(=O)N1CCOC(C(=O)O)C1. The number of nitrogens with zero attached hydrogens (tertiary/aromatic N) is 1. The molecule has 0 aliphatic carbocycles. The quantitative estimate of drug-likeness (QED) is 0.546. The molecule has 1 rings (SSSR count). The third kappa shape index (κ3) is 2.62. The fourth-order valence-corrected chi connectivity index (χ4v) is 1.68. The van der Waals surface area contributed by atoms with Gasteiger partial charge in [-0.25, -0.2) is 9.93 Å². The normalized spacial score (nSPS) is 25.8. The topological polar surface area (TPSA) is 110 Å². The van der Waals surface area contributed by atoms with Crippen molar-refractivity contribution in [1.82, 2.24) is 4.31 Å². The van der Waals surface area contributed by atoms with Gasteiger partial charge < -0.3 is 9.84 Å². The zero-order valence-electron chi connectivity index (χ0n) is 6.71. The van der Waals surface area contributed by atoms with Crippen molar-refractivity contribution in [3.63, 3.8) is 0 Å². The predicted molar refractivity (Wildman–Crippen MR) is 42.1 cm³/mol. The number of nitrogens with two attached hydrogens (primary N) is 1. The summed E-state index contributed by atoms with van der Waals surface area (Å²) in [6.45, 7) is -0.0792. The summed E-state index contributed by atoms with van der Waals surface area (Å²) in [5, 5.41) is 13.4. The fraction of sp³-hybridized carbons (Fsp3) is 0.800. The van der Waals surface area contributed by atoms with Crippen molar-refractivity contribution in [2.45, 2.75) is 6.10 Å². The van der Waals surface area contributed by atoms with Gasteiger partial charge in [0.25, 0.3) is 10.2 Å². The summed E-state index contributed by atoms with van der Waals surface area (Å²) in [5.41, 5.74) is 0. The van der Waals surface area contributed by atoms with Crippen molar-refractivity contribution in [3.05, 3.63) is 0 Å². The van der Waals surface area contributed by atoms with E-state index in [0.29, 0.717) is 0 Å². The highest BCUT2D eigenvalue weighted by Crippen LogP contribution is 2.07. The van der Waals surface area contributed by atoms with Gasteiger partial charge in [0.15, 0.2) is 6.10 Å². The number of hydrogen-bond acceptors (Lipinski definition) is 4. The number of carbonyl (C=O) groups is 1. The van der Waals surface area contributed by atoms with Crippen LogP contribution in [0.5, 0.6) is 0 Å². The average Bonchev–Trinajstić information content (AvgIpc) is 2.03. The molecular weight excluding hydrogens is 200 g/mol. The fourth-order valence-electron chi connectivity index (χ4n) is 1.01. The van der Waals surface area contributed by atoms with E-state index in [9.17, 15) is 13.2 Å². The van der Waals surface area contributed by atoms with E-state index in [-0.39, 0.29) is 19.7 Å². The molecule has 1 heterocycles. The zero-order valence-corrected chi connectivity index (χ0v) is 7.53. The summed E-state index contributed by atoms with van der Waals surface area (Å²) in [5.74, 6) is -1.19. The molecule has 13 heavy (non-hydrogen) atoms. The van der Waals surface area contributed by atoms with Crippen LogP contribution in [0, 0.1) is 0 Å². The Morgan fingerprint density at radius 2 is 2.23 bits per heavy atom. The minimum Gasteiger partial charge on any atom is -0.479 e. The molecule has 0 saturated carbocycles. The van der Waals surface area contributed by atoms with Gasteiger partial charge in [-0.15, -0.1) is 0 Å². The number of carboxylic acid groups (broad SMARTS) is 1. The Bertz CT molecular complexity index is 300. The maximum Gasteiger partial charge on any atom is 0.334 e. The van der Waals surface area contributed by atoms with Crippen molar-refractivity contribution < 1.29 is 23.1 Å². The summed E-state index contributed by atoms with van der Waals surface area (Å²) >= 11 is 0. The zero-order chi connectivity index (χ0) is 10.1. The Morgan fingerprint density at radius 1 is 1.62 bits per heavy atom. The first-order valence-corrected chi connectivity index (χ1v) is 5.04. The van der Waals surface area contributed by atoms with Crippen LogP contribution in [0.4, 0.5) is 0 Å². The highest BCUT2D eigenvalue weighted by atomic mass is 32.2. The van der Waals surface area contributed by atoms with E-state index in [2.05, 4.69) is 0 Å². The van der Waals surface area contributed by atoms with Gasteiger partial charge in [-0.3, -0.25) is 0 Å². The Hall–Kier alpha value is -0.700. The molecule has 7 nitrogen and oxygen atoms in total. The molecule has 1 saturated heterocycles. The van der Waals surface area contributed by atoms with Gasteiger partial charge in [-0.2, -0.15) is 12.7 Å². The third-order valence-electron chi connectivity index (χ3n) is 1.66. The molecule has 0 bridgehead atoms. The Labute approximate surface area is 75.3 Å². The van der Waals surface area contributed by atoms with Crippen molar-refractivity contribution in [2.24, 2.45) is 5.14 Å². The van der Waals surface area contributed by atoms with E-state index in [0.717, 1.165) is 4.31 Å². The van der Waals surface area contributed by atoms with E-state index in [4.69, 9.17) is 15.0 Å². The minimum atomic E-state index is -3.80. The summed E-state index contributed by atoms with van der Waals surface area (Å²) in [4.78, 5) is 10.4. The lowest BCUT2D eigenvalue weighted by molar-refractivity contribution is -0.153. The number of rotatable bonds is 2. The third-order valence-corrected chi connectivity index (χ3v) is 2.72. The van der Waals surface area contributed by atoms with E-state index in [1.165, 1.54) is 0 Å². The second kappa shape index (κ2) is 3.58. The molecule has 1 aliphatic rings. The maximum absolute atomic E-state index is 10.8. The van der Waals surface area contributed by atoms with Crippen LogP contribution in [0.1, 0.15) is 0 Å². The first-order valence-electron chi connectivity index (χ1n) is 3.53. The summed E-state index contributed by atoms with van der Waals surface area (Å²) in [6.07, 6.45) is -1.12. The molecule has 1 aliphatic heterocycles. The van der Waals surface area contributed by atoms with Crippen LogP contribution < -0.4 is 5.14 Å². The lowest BCUT2D eigenvalue weighted by Crippen LogP contribution is -2.50. The van der Waals surface area contributed by atoms with Gasteiger partial charge in [0.2, 0.25) is 0 Å². The lowest BCUT2D eigenvalue weighted by Gasteiger charge is -2.28. The van der Waals surface area contributed by atoms with E-state index >= 15 is 0 Å². The minimum absolute atomic E-state index is 0.0490. The van der Waals surface area contributed by atoms with Gasteiger partial charge in [0, 0.05) is 6.54 Å². The second-order valence-electron chi connectivity index (χ2n) is 2.60. The van der Waals surface area contributed by atoms with Crippen molar-refractivity contribution in [1.29, 1.82) is 0 Å². The molecule has 0 aromatic rings. The van der Waals surface area contributed by atoms with Crippen LogP contribution in [-0.4, -0.2) is 49.6 Å². The van der Waals surface area contributed by atoms with Crippen LogP contribution in [0.3, 0.4) is 0 Å². The van der Waals surface area contributed by atoms with Crippen LogP contribution in [0.15, 0.2) is 0 Å². The molecule has 3 N–H and O–H groups in total. The Balaban J connectivity index is 2.67. The van der Waals surface area contributed by atoms with E-state index < -0.39 is 22.3 Å². The van der Waals surface area contributed by atoms with Gasteiger partial charge in [0.1, 0.15) is 0 Å². The van der Waals surface area contributed by atoms with Gasteiger partial charge in [0.05, 0.1) is 13.2 Å². The second-order valence-corrected chi connectivity index (χ2v) is 4.15. The highest BCUT2D eigenvalue weighted by molar-refractivity contribution is 7.86. The summed E-state index contributed by atoms with van der Waals surface area (Å²) < 4.78 is 27.3. The molecule has 8 heteroatoms. The molecule has 0 amide bonds. The van der Waals surface area contributed by atoms with E-state index in [1.807, 2.05) is 0 Å². The number of morpholine rings is 1. The monoisotopic (exact) mass is 210 g/mol. The van der Waals surface area contributed by atoms with Crippen molar-refractivity contribution >= 4 is 16.2 Å². The molecule has 1 atom stereocenters. The van der Waals surface area contributed by atoms with E-state index in [1.54, 1.807) is 0 Å². The van der Waals surface area contributed by atoms with Crippen LogP contribution >= 0.6 is 0 Å². The van der Waals surface area contributed by atoms with Crippen LogP contribution in [-0.2, 0) is 19.7 Å².